The third-order valence-corrected chi connectivity index (χ3v) is 5.77. The van der Waals surface area contributed by atoms with Gasteiger partial charge in [-0.05, 0) is 31.9 Å². The van der Waals surface area contributed by atoms with Crippen molar-refractivity contribution in [1.82, 2.24) is 9.73 Å². The van der Waals surface area contributed by atoms with Gasteiger partial charge in [0, 0.05) is 24.2 Å². The third kappa shape index (κ3) is 3.38. The molecule has 0 atom stereocenters. The average molecular weight is 350 g/mol. The molecule has 0 radical (unpaired) electrons. The van der Waals surface area contributed by atoms with Crippen molar-refractivity contribution in [2.24, 2.45) is 15.5 Å². The molecule has 1 fully saturated rings. The molecule has 24 heavy (non-hydrogen) atoms. The van der Waals surface area contributed by atoms with Crippen LogP contribution in [0.2, 0.25) is 0 Å². The molecule has 1 aromatic rings. The Balaban J connectivity index is 1.80. The molecular weight excluding hydrogens is 328 g/mol. The van der Waals surface area contributed by atoms with Crippen LogP contribution in [0.4, 0.5) is 0 Å². The molecular formula is C16H22N4O3S. The zero-order valence-corrected chi connectivity index (χ0v) is 14.5. The van der Waals surface area contributed by atoms with E-state index in [1.807, 2.05) is 13.1 Å². The van der Waals surface area contributed by atoms with E-state index in [1.165, 1.54) is 37.1 Å². The van der Waals surface area contributed by atoms with E-state index in [-0.39, 0.29) is 22.0 Å². The molecule has 3 rings (SSSR count). The van der Waals surface area contributed by atoms with Crippen LogP contribution < -0.4 is 4.72 Å². The number of rotatable bonds is 3. The number of phenolic OH excluding ortho intramolecular Hbond substituents is 1. The van der Waals surface area contributed by atoms with Crippen LogP contribution in [-0.4, -0.2) is 43.8 Å². The smallest absolute Gasteiger partial charge is 0.264 e. The molecule has 7 nitrogen and oxygen atoms in total. The molecule has 1 aliphatic carbocycles. The van der Waals surface area contributed by atoms with Crippen molar-refractivity contribution >= 4 is 22.2 Å². The maximum absolute atomic E-state index is 12.6. The highest BCUT2D eigenvalue weighted by Crippen LogP contribution is 2.40. The predicted molar refractivity (Wildman–Crippen MR) is 92.5 cm³/mol. The van der Waals surface area contributed by atoms with Gasteiger partial charge < -0.3 is 5.11 Å². The third-order valence-electron chi connectivity index (χ3n) is 4.44. The second-order valence-corrected chi connectivity index (χ2v) is 7.95. The van der Waals surface area contributed by atoms with Gasteiger partial charge in [0.2, 0.25) is 5.96 Å². The lowest BCUT2D eigenvalue weighted by Gasteiger charge is -2.23. The Hall–Kier alpha value is -2.09. The van der Waals surface area contributed by atoms with Gasteiger partial charge in [0.1, 0.15) is 5.75 Å². The maximum Gasteiger partial charge on any atom is 0.264 e. The van der Waals surface area contributed by atoms with Gasteiger partial charge >= 0.3 is 0 Å². The Bertz CT molecular complexity index is 767. The molecule has 1 aliphatic heterocycles. The molecule has 0 unspecified atom stereocenters. The number of hydrogen-bond donors (Lipinski definition) is 2. The Morgan fingerprint density at radius 3 is 2.83 bits per heavy atom. The van der Waals surface area contributed by atoms with E-state index in [1.54, 1.807) is 5.01 Å². The average Bonchev–Trinajstić information content (AvgIpc) is 3.17. The summed E-state index contributed by atoms with van der Waals surface area (Å²) in [5.74, 6) is 0.122. The van der Waals surface area contributed by atoms with Crippen molar-refractivity contribution < 1.29 is 13.5 Å². The van der Waals surface area contributed by atoms with Gasteiger partial charge in [-0.1, -0.05) is 18.9 Å². The Kier molecular flexibility index (Phi) is 4.49. The van der Waals surface area contributed by atoms with Gasteiger partial charge in [0.25, 0.3) is 10.0 Å². The summed E-state index contributed by atoms with van der Waals surface area (Å²) in [7, 11) is -3.83. The van der Waals surface area contributed by atoms with E-state index >= 15 is 0 Å². The minimum absolute atomic E-state index is 0.00920. The molecule has 1 saturated carbocycles. The first-order valence-corrected chi connectivity index (χ1v) is 9.61. The molecule has 1 heterocycles. The quantitative estimate of drug-likeness (QED) is 0.643. The summed E-state index contributed by atoms with van der Waals surface area (Å²) in [5.41, 5.74) is 0.0466. The number of sulfonamides is 1. The zero-order chi connectivity index (χ0) is 17.2. The van der Waals surface area contributed by atoms with E-state index < -0.39 is 10.0 Å². The fourth-order valence-corrected chi connectivity index (χ4v) is 4.28. The number of hydrogen-bond acceptors (Lipinski definition) is 5. The number of nitrogens with zero attached hydrogens (tertiary/aromatic N) is 3. The number of nitrogens with one attached hydrogen (secondary N) is 1. The first-order chi connectivity index (χ1) is 11.4. The normalized spacial score (nSPS) is 20.0. The summed E-state index contributed by atoms with van der Waals surface area (Å²) in [6, 6.07) is 5.55. The minimum atomic E-state index is -3.83. The van der Waals surface area contributed by atoms with Crippen LogP contribution in [0.3, 0.4) is 0 Å². The van der Waals surface area contributed by atoms with Crippen molar-refractivity contribution in [1.29, 1.82) is 0 Å². The highest BCUT2D eigenvalue weighted by molar-refractivity contribution is 7.90. The SMILES string of the molecule is CCN=C(NS(=O)(=O)c1cccc(O)c1)N1CC2(C=N1)CCCC2. The summed E-state index contributed by atoms with van der Waals surface area (Å²) in [4.78, 5) is 4.26. The van der Waals surface area contributed by atoms with Crippen molar-refractivity contribution in [3.05, 3.63) is 24.3 Å². The van der Waals surface area contributed by atoms with Crippen molar-refractivity contribution in [3.8, 4) is 5.75 Å². The molecule has 0 saturated heterocycles. The standard InChI is InChI=1S/C16H22N4O3S/c1-2-17-15(20-12-16(11-18-20)8-3-4-9-16)19-24(22,23)14-7-5-6-13(21)10-14/h5-7,10-11,21H,2-4,8-9,12H2,1H3,(H,17,19). The number of aromatic hydroxyl groups is 1. The summed E-state index contributed by atoms with van der Waals surface area (Å²) >= 11 is 0. The van der Waals surface area contributed by atoms with E-state index in [2.05, 4.69) is 14.8 Å². The molecule has 1 aromatic carbocycles. The number of hydrazone groups is 1. The second kappa shape index (κ2) is 6.43. The highest BCUT2D eigenvalue weighted by Gasteiger charge is 2.39. The van der Waals surface area contributed by atoms with Gasteiger partial charge in [-0.15, -0.1) is 0 Å². The zero-order valence-electron chi connectivity index (χ0n) is 13.6. The van der Waals surface area contributed by atoms with Gasteiger partial charge in [0.15, 0.2) is 0 Å². The van der Waals surface area contributed by atoms with Crippen LogP contribution in [0.1, 0.15) is 32.6 Å². The molecule has 2 N–H and O–H groups in total. The first kappa shape index (κ1) is 16.8. The van der Waals surface area contributed by atoms with Crippen molar-refractivity contribution in [3.63, 3.8) is 0 Å². The summed E-state index contributed by atoms with van der Waals surface area (Å²) < 4.78 is 27.6. The lowest BCUT2D eigenvalue weighted by Crippen LogP contribution is -2.42. The van der Waals surface area contributed by atoms with Crippen LogP contribution in [0, 0.1) is 5.41 Å². The highest BCUT2D eigenvalue weighted by atomic mass is 32.2. The van der Waals surface area contributed by atoms with Crippen LogP contribution in [0.25, 0.3) is 0 Å². The summed E-state index contributed by atoms with van der Waals surface area (Å²) in [6.45, 7) is 2.93. The molecule has 2 aliphatic rings. The molecule has 0 aromatic heterocycles. The fraction of sp³-hybridized carbons (Fsp3) is 0.500. The number of benzene rings is 1. The Morgan fingerprint density at radius 2 is 2.17 bits per heavy atom. The fourth-order valence-electron chi connectivity index (χ4n) is 3.21. The number of phenols is 1. The minimum Gasteiger partial charge on any atom is -0.508 e. The van der Waals surface area contributed by atoms with Gasteiger partial charge in [0.05, 0.1) is 11.4 Å². The molecule has 8 heteroatoms. The lowest BCUT2D eigenvalue weighted by molar-refractivity contribution is 0.342. The molecule has 130 valence electrons. The van der Waals surface area contributed by atoms with Gasteiger partial charge in [-0.25, -0.2) is 18.1 Å². The molecule has 0 amide bonds. The topological polar surface area (TPSA) is 94.4 Å². The van der Waals surface area contributed by atoms with Gasteiger partial charge in [-0.3, -0.25) is 4.99 Å². The van der Waals surface area contributed by atoms with Crippen LogP contribution >= 0.6 is 0 Å². The largest absolute Gasteiger partial charge is 0.508 e. The monoisotopic (exact) mass is 350 g/mol. The second-order valence-electron chi connectivity index (χ2n) is 6.27. The lowest BCUT2D eigenvalue weighted by atomic mass is 9.88. The van der Waals surface area contributed by atoms with Crippen molar-refractivity contribution in [2.75, 3.05) is 13.1 Å². The van der Waals surface area contributed by atoms with Crippen LogP contribution in [-0.2, 0) is 10.0 Å². The predicted octanol–water partition coefficient (Wildman–Crippen LogP) is 1.91. The van der Waals surface area contributed by atoms with E-state index in [4.69, 9.17) is 0 Å². The number of aliphatic imine (C=N–C) groups is 1. The summed E-state index contributed by atoms with van der Waals surface area (Å²) in [6.07, 6.45) is 6.44. The first-order valence-electron chi connectivity index (χ1n) is 8.13. The van der Waals surface area contributed by atoms with Crippen LogP contribution in [0.15, 0.2) is 39.3 Å². The maximum atomic E-state index is 12.6. The van der Waals surface area contributed by atoms with E-state index in [9.17, 15) is 13.5 Å². The van der Waals surface area contributed by atoms with Gasteiger partial charge in [-0.2, -0.15) is 5.10 Å². The Morgan fingerprint density at radius 1 is 1.42 bits per heavy atom. The van der Waals surface area contributed by atoms with Crippen molar-refractivity contribution in [2.45, 2.75) is 37.5 Å². The van der Waals surface area contributed by atoms with Crippen LogP contribution in [0.5, 0.6) is 5.75 Å². The van der Waals surface area contributed by atoms with E-state index in [0.29, 0.717) is 13.1 Å². The van der Waals surface area contributed by atoms with E-state index in [0.717, 1.165) is 12.8 Å². The molecule has 0 bridgehead atoms. The number of guanidine groups is 1. The molecule has 1 spiro atoms. The summed E-state index contributed by atoms with van der Waals surface area (Å²) in [5, 5.41) is 15.5. The Labute approximate surface area is 142 Å².